The smallest absolute Gasteiger partial charge is 0.321 e. The second-order valence-corrected chi connectivity index (χ2v) is 5.08. The van der Waals surface area contributed by atoms with Crippen molar-refractivity contribution in [1.82, 2.24) is 0 Å². The summed E-state index contributed by atoms with van der Waals surface area (Å²) < 4.78 is 10.1. The topological polar surface area (TPSA) is 125 Å². The highest BCUT2D eigenvalue weighted by molar-refractivity contribution is 7.98. The third kappa shape index (κ3) is 4.50. The van der Waals surface area contributed by atoms with Crippen molar-refractivity contribution in [2.45, 2.75) is 11.8 Å². The molecule has 0 fully saturated rings. The fourth-order valence-corrected chi connectivity index (χ4v) is 2.53. The van der Waals surface area contributed by atoms with Gasteiger partial charge < -0.3 is 20.3 Å². The van der Waals surface area contributed by atoms with E-state index in [-0.39, 0.29) is 22.9 Å². The van der Waals surface area contributed by atoms with Crippen molar-refractivity contribution in [3.8, 4) is 11.5 Å². The van der Waals surface area contributed by atoms with Gasteiger partial charge in [-0.25, -0.2) is 0 Å². The van der Waals surface area contributed by atoms with Crippen LogP contribution in [0.5, 0.6) is 11.5 Å². The number of hydrogen-bond acceptors (Lipinski definition) is 7. The molecular weight excluding hydrogens is 300 g/mol. The van der Waals surface area contributed by atoms with E-state index in [1.54, 1.807) is 0 Å². The van der Waals surface area contributed by atoms with Crippen LogP contribution in [0.4, 0.5) is 5.69 Å². The molecule has 3 N–H and O–H groups in total. The van der Waals surface area contributed by atoms with Crippen LogP contribution in [0.3, 0.4) is 0 Å². The lowest BCUT2D eigenvalue weighted by atomic mass is 10.2. The number of aliphatic carboxylic acids is 1. The Bertz CT molecular complexity index is 537. The molecule has 0 amide bonds. The fourth-order valence-electron chi connectivity index (χ4n) is 1.56. The van der Waals surface area contributed by atoms with Crippen LogP contribution in [-0.4, -0.2) is 42.0 Å². The quantitative estimate of drug-likeness (QED) is 0.542. The Hall–Kier alpha value is -2.00. The normalized spacial score (nSPS) is 11.8. The number of ether oxygens (including phenoxy) is 2. The summed E-state index contributed by atoms with van der Waals surface area (Å²) in [6.45, 7) is 0. The Morgan fingerprint density at radius 2 is 2.00 bits per heavy atom. The van der Waals surface area contributed by atoms with Gasteiger partial charge in [0.15, 0.2) is 11.5 Å². The first-order valence-electron chi connectivity index (χ1n) is 5.86. The molecule has 1 aromatic carbocycles. The first-order valence-corrected chi connectivity index (χ1v) is 7.01. The number of nitrogens with two attached hydrogens (primary N) is 1. The third-order valence-corrected chi connectivity index (χ3v) is 3.76. The number of nitro groups is 1. The van der Waals surface area contributed by atoms with Crippen molar-refractivity contribution in [1.29, 1.82) is 0 Å². The average Bonchev–Trinajstić information content (AvgIpc) is 2.45. The highest BCUT2D eigenvalue weighted by Crippen LogP contribution is 2.36. The molecule has 9 heteroatoms. The molecule has 116 valence electrons. The summed E-state index contributed by atoms with van der Waals surface area (Å²) in [5.74, 6) is -0.0656. The van der Waals surface area contributed by atoms with Crippen LogP contribution in [-0.2, 0) is 10.5 Å². The van der Waals surface area contributed by atoms with E-state index in [4.69, 9.17) is 20.3 Å². The lowest BCUT2D eigenvalue weighted by Crippen LogP contribution is -2.32. The first-order chi connectivity index (χ1) is 9.90. The molecule has 0 saturated heterocycles. The van der Waals surface area contributed by atoms with E-state index >= 15 is 0 Å². The zero-order valence-corrected chi connectivity index (χ0v) is 12.4. The molecule has 1 aromatic rings. The number of carboxylic acids is 1. The summed E-state index contributed by atoms with van der Waals surface area (Å²) in [6, 6.07) is 1.79. The van der Waals surface area contributed by atoms with E-state index in [9.17, 15) is 14.9 Å². The number of carboxylic acid groups (broad SMARTS) is 1. The van der Waals surface area contributed by atoms with Crippen molar-refractivity contribution in [3.63, 3.8) is 0 Å². The van der Waals surface area contributed by atoms with E-state index < -0.39 is 16.9 Å². The van der Waals surface area contributed by atoms with Gasteiger partial charge in [-0.05, 0) is 6.07 Å². The molecule has 0 aliphatic rings. The van der Waals surface area contributed by atoms with Gasteiger partial charge in [0, 0.05) is 17.1 Å². The van der Waals surface area contributed by atoms with Crippen LogP contribution >= 0.6 is 11.8 Å². The number of nitro benzene ring substituents is 1. The zero-order chi connectivity index (χ0) is 16.0. The largest absolute Gasteiger partial charge is 0.493 e. The zero-order valence-electron chi connectivity index (χ0n) is 11.6. The molecule has 0 radical (unpaired) electrons. The van der Waals surface area contributed by atoms with Gasteiger partial charge in [0.2, 0.25) is 0 Å². The molecule has 1 atom stereocenters. The maximum absolute atomic E-state index is 11.1. The number of thioether (sulfide) groups is 1. The summed E-state index contributed by atoms with van der Waals surface area (Å²) in [4.78, 5) is 21.2. The standard InChI is InChI=1S/C12H16N2O6S/c1-19-10-3-7(5-21-6-8(13)12(15)16)9(14(17)18)4-11(10)20-2/h3-4,8H,5-6,13H2,1-2H3,(H,15,16)/t8-/m0/s1. The SMILES string of the molecule is COc1cc(CSC[C@H](N)C(=O)O)c([N+](=O)[O-])cc1OC. The average molecular weight is 316 g/mol. The van der Waals surface area contributed by atoms with E-state index in [1.165, 1.54) is 38.1 Å². The van der Waals surface area contributed by atoms with Crippen molar-refractivity contribution in [2.75, 3.05) is 20.0 Å². The molecule has 0 saturated carbocycles. The number of carbonyl (C=O) groups is 1. The highest BCUT2D eigenvalue weighted by atomic mass is 32.2. The van der Waals surface area contributed by atoms with Crippen molar-refractivity contribution >= 4 is 23.4 Å². The number of hydrogen-bond donors (Lipinski definition) is 2. The molecule has 1 rings (SSSR count). The molecule has 0 aliphatic heterocycles. The van der Waals surface area contributed by atoms with Crippen molar-refractivity contribution in [2.24, 2.45) is 5.73 Å². The Morgan fingerprint density at radius 3 is 2.48 bits per heavy atom. The maximum atomic E-state index is 11.1. The predicted molar refractivity (Wildman–Crippen MR) is 78.0 cm³/mol. The molecule has 0 aliphatic carbocycles. The monoisotopic (exact) mass is 316 g/mol. The number of nitrogens with zero attached hydrogens (tertiary/aromatic N) is 1. The van der Waals surface area contributed by atoms with Gasteiger partial charge >= 0.3 is 5.97 Å². The Kier molecular flexibility index (Phi) is 6.25. The van der Waals surface area contributed by atoms with Crippen LogP contribution in [0.15, 0.2) is 12.1 Å². The summed E-state index contributed by atoms with van der Waals surface area (Å²) in [7, 11) is 2.82. The van der Waals surface area contributed by atoms with Gasteiger partial charge in [-0.3, -0.25) is 14.9 Å². The lowest BCUT2D eigenvalue weighted by Gasteiger charge is -2.11. The Balaban J connectivity index is 2.94. The molecule has 21 heavy (non-hydrogen) atoms. The maximum Gasteiger partial charge on any atom is 0.321 e. The fraction of sp³-hybridized carbons (Fsp3) is 0.417. The minimum atomic E-state index is -1.11. The van der Waals surface area contributed by atoms with Gasteiger partial charge in [-0.15, -0.1) is 0 Å². The predicted octanol–water partition coefficient (Wildman–Crippen LogP) is 1.26. The molecule has 0 heterocycles. The molecule has 0 spiro atoms. The van der Waals surface area contributed by atoms with Crippen LogP contribution in [0.25, 0.3) is 0 Å². The lowest BCUT2D eigenvalue weighted by molar-refractivity contribution is -0.385. The third-order valence-electron chi connectivity index (χ3n) is 2.65. The van der Waals surface area contributed by atoms with Gasteiger partial charge in [0.1, 0.15) is 6.04 Å². The van der Waals surface area contributed by atoms with Crippen LogP contribution in [0, 0.1) is 10.1 Å². The second kappa shape index (κ2) is 7.70. The van der Waals surface area contributed by atoms with Gasteiger partial charge in [-0.2, -0.15) is 11.8 Å². The van der Waals surface area contributed by atoms with Crippen molar-refractivity contribution < 1.29 is 24.3 Å². The summed E-state index contributed by atoms with van der Waals surface area (Å²) >= 11 is 1.20. The molecular formula is C12H16N2O6S. The van der Waals surface area contributed by atoms with Crippen molar-refractivity contribution in [3.05, 3.63) is 27.8 Å². The number of methoxy groups -OCH3 is 2. The van der Waals surface area contributed by atoms with Crippen LogP contribution in [0.1, 0.15) is 5.56 Å². The van der Waals surface area contributed by atoms with Gasteiger partial charge in [-0.1, -0.05) is 0 Å². The highest BCUT2D eigenvalue weighted by Gasteiger charge is 2.20. The molecule has 0 aromatic heterocycles. The van der Waals surface area contributed by atoms with E-state index in [0.29, 0.717) is 11.3 Å². The number of rotatable bonds is 8. The second-order valence-electron chi connectivity index (χ2n) is 4.05. The minimum Gasteiger partial charge on any atom is -0.493 e. The van der Waals surface area contributed by atoms with E-state index in [2.05, 4.69) is 0 Å². The van der Waals surface area contributed by atoms with Gasteiger partial charge in [0.05, 0.1) is 25.2 Å². The summed E-state index contributed by atoms with van der Waals surface area (Å²) in [5.41, 5.74) is 5.69. The van der Waals surface area contributed by atoms with E-state index in [0.717, 1.165) is 0 Å². The minimum absolute atomic E-state index is 0.107. The molecule has 8 nitrogen and oxygen atoms in total. The number of benzene rings is 1. The Labute approximate surface area is 125 Å². The van der Waals surface area contributed by atoms with Crippen LogP contribution in [0.2, 0.25) is 0 Å². The Morgan fingerprint density at radius 1 is 1.43 bits per heavy atom. The molecule has 0 unspecified atom stereocenters. The first kappa shape index (κ1) is 17.1. The summed E-state index contributed by atoms with van der Waals surface area (Å²) in [6.07, 6.45) is 0. The molecule has 0 bridgehead atoms. The van der Waals surface area contributed by atoms with E-state index in [1.807, 2.05) is 0 Å². The van der Waals surface area contributed by atoms with Crippen LogP contribution < -0.4 is 15.2 Å². The summed E-state index contributed by atoms with van der Waals surface area (Å²) in [5, 5.41) is 19.8. The van der Waals surface area contributed by atoms with Gasteiger partial charge in [0.25, 0.3) is 5.69 Å².